The van der Waals surface area contributed by atoms with Gasteiger partial charge in [-0.15, -0.1) is 0 Å². The Hall–Kier alpha value is -3.01. The number of carbonyl (C=O) groups is 1. The molecule has 9 heteroatoms. The van der Waals surface area contributed by atoms with E-state index < -0.39 is 0 Å². The average Bonchev–Trinajstić information content (AvgIpc) is 3.33. The summed E-state index contributed by atoms with van der Waals surface area (Å²) in [6, 6.07) is 8.72. The van der Waals surface area contributed by atoms with Gasteiger partial charge in [0.05, 0.1) is 5.56 Å². The predicted octanol–water partition coefficient (Wildman–Crippen LogP) is 4.43. The normalized spacial score (nSPS) is 18.7. The van der Waals surface area contributed by atoms with E-state index in [1.165, 1.54) is 29.3 Å². The minimum Gasteiger partial charge on any atom is -0.350 e. The fourth-order valence-corrected chi connectivity index (χ4v) is 5.31. The average molecular weight is 521 g/mol. The van der Waals surface area contributed by atoms with Gasteiger partial charge in [0, 0.05) is 68.7 Å². The van der Waals surface area contributed by atoms with Gasteiger partial charge in [-0.05, 0) is 56.2 Å². The molecule has 1 amide bonds. The maximum absolute atomic E-state index is 12.3. The van der Waals surface area contributed by atoms with E-state index in [1.54, 1.807) is 12.4 Å². The molecule has 2 N–H and O–H groups in total. The van der Waals surface area contributed by atoms with Crippen molar-refractivity contribution in [1.82, 2.24) is 25.3 Å². The van der Waals surface area contributed by atoms with E-state index >= 15 is 0 Å². The number of hydroxylamine groups is 1. The number of ether oxygens (including phenoxy) is 1. The number of hydrogen-bond donors (Lipinski definition) is 2. The van der Waals surface area contributed by atoms with Gasteiger partial charge in [0.1, 0.15) is 0 Å². The molecule has 2 saturated heterocycles. The summed E-state index contributed by atoms with van der Waals surface area (Å²) in [7, 11) is 0. The second kappa shape index (κ2) is 13.2. The van der Waals surface area contributed by atoms with Crippen LogP contribution in [-0.4, -0.2) is 53.0 Å². The lowest BCUT2D eigenvalue weighted by Crippen LogP contribution is -2.38. The lowest BCUT2D eigenvalue weighted by atomic mass is 9.97. The molecule has 1 atom stereocenters. The van der Waals surface area contributed by atoms with Crippen LogP contribution >= 0.6 is 0 Å². The highest BCUT2D eigenvalue weighted by Crippen LogP contribution is 2.23. The Morgan fingerprint density at radius 1 is 1.13 bits per heavy atom. The van der Waals surface area contributed by atoms with Crippen LogP contribution in [0, 0.1) is 5.92 Å². The quantitative estimate of drug-likeness (QED) is 0.362. The number of benzene rings is 1. The maximum atomic E-state index is 12.3. The summed E-state index contributed by atoms with van der Waals surface area (Å²) in [5.74, 6) is 0.942. The van der Waals surface area contributed by atoms with Crippen LogP contribution in [0.2, 0.25) is 0 Å². The summed E-state index contributed by atoms with van der Waals surface area (Å²) in [6.07, 6.45) is 12.5. The molecule has 3 aromatic rings. The Labute approximate surface area is 224 Å². The van der Waals surface area contributed by atoms with Crippen LogP contribution in [0.5, 0.6) is 0 Å². The van der Waals surface area contributed by atoms with E-state index in [0.717, 1.165) is 64.8 Å². The Kier molecular flexibility index (Phi) is 9.22. The molecule has 0 bridgehead atoms. The number of unbranched alkanes of at least 4 members (excludes halogenated alkanes) is 1. The number of anilines is 1. The van der Waals surface area contributed by atoms with E-state index in [0.29, 0.717) is 24.0 Å². The molecule has 2 aromatic heterocycles. The first-order chi connectivity index (χ1) is 18.7. The summed E-state index contributed by atoms with van der Waals surface area (Å²) < 4.78 is 7.87. The number of piperidine rings is 1. The number of aryl methyl sites for hydroxylation is 1. The zero-order chi connectivity index (χ0) is 26.2. The molecule has 1 aromatic carbocycles. The van der Waals surface area contributed by atoms with Gasteiger partial charge < -0.3 is 19.5 Å². The lowest BCUT2D eigenvalue weighted by molar-refractivity contribution is -0.186. The van der Waals surface area contributed by atoms with Crippen LogP contribution in [0.1, 0.15) is 67.8 Å². The molecule has 0 spiro atoms. The van der Waals surface area contributed by atoms with Crippen molar-refractivity contribution in [2.45, 2.75) is 71.2 Å². The Balaban J connectivity index is 1.06. The summed E-state index contributed by atoms with van der Waals surface area (Å²) in [6.45, 7) is 7.70. The Morgan fingerprint density at radius 2 is 1.95 bits per heavy atom. The fraction of sp³-hybridized carbons (Fsp3) is 0.552. The topological polar surface area (TPSA) is 93.5 Å². The van der Waals surface area contributed by atoms with Gasteiger partial charge in [0.25, 0.3) is 5.91 Å². The smallest absolute Gasteiger partial charge is 0.278 e. The van der Waals surface area contributed by atoms with E-state index in [9.17, 15) is 4.79 Å². The predicted molar refractivity (Wildman–Crippen MR) is 148 cm³/mol. The van der Waals surface area contributed by atoms with Crippen LogP contribution in [0.4, 0.5) is 5.95 Å². The van der Waals surface area contributed by atoms with Crippen molar-refractivity contribution >= 4 is 22.8 Å². The first-order valence-corrected chi connectivity index (χ1v) is 14.1. The minimum atomic E-state index is -0.380. The van der Waals surface area contributed by atoms with Crippen LogP contribution in [0.15, 0.2) is 42.9 Å². The van der Waals surface area contributed by atoms with Gasteiger partial charge in [-0.1, -0.05) is 31.5 Å². The number of aromatic nitrogens is 3. The van der Waals surface area contributed by atoms with Crippen molar-refractivity contribution in [3.05, 3.63) is 54.0 Å². The molecule has 0 radical (unpaired) electrons. The monoisotopic (exact) mass is 520 g/mol. The molecule has 2 fully saturated rings. The third-order valence-corrected chi connectivity index (χ3v) is 7.59. The van der Waals surface area contributed by atoms with Crippen LogP contribution in [0.3, 0.4) is 0 Å². The number of nitrogens with one attached hydrogen (secondary N) is 2. The minimum absolute atomic E-state index is 0.357. The molecule has 1 unspecified atom stereocenters. The molecule has 4 heterocycles. The summed E-state index contributed by atoms with van der Waals surface area (Å²) in [5, 5.41) is 5.07. The summed E-state index contributed by atoms with van der Waals surface area (Å²) >= 11 is 0. The molecule has 204 valence electrons. The molecule has 5 rings (SSSR count). The van der Waals surface area contributed by atoms with Gasteiger partial charge in [0.2, 0.25) is 5.95 Å². The maximum Gasteiger partial charge on any atom is 0.278 e. The molecule has 9 nitrogen and oxygen atoms in total. The molecule has 2 aliphatic rings. The van der Waals surface area contributed by atoms with Crippen molar-refractivity contribution in [2.24, 2.45) is 5.92 Å². The standard InChI is InChI=1S/C29H40N6O3/c1-2-3-13-35-21-24(25-8-4-5-9-26(25)35)18-30-17-22-11-14-34(15-12-22)29-31-19-23(20-32-29)28(36)33-38-27-10-6-7-16-37-27/h4-5,8-9,19-22,27,30H,2-3,6-7,10-18H2,1H3,(H,33,36). The van der Waals surface area contributed by atoms with Crippen molar-refractivity contribution in [2.75, 3.05) is 31.1 Å². The highest BCUT2D eigenvalue weighted by molar-refractivity contribution is 5.92. The molecule has 0 saturated carbocycles. The summed E-state index contributed by atoms with van der Waals surface area (Å²) in [4.78, 5) is 28.8. The second-order valence-electron chi connectivity index (χ2n) is 10.4. The van der Waals surface area contributed by atoms with Gasteiger partial charge in [0.15, 0.2) is 6.29 Å². The molecule has 38 heavy (non-hydrogen) atoms. The highest BCUT2D eigenvalue weighted by Gasteiger charge is 2.22. The van der Waals surface area contributed by atoms with Crippen LogP contribution < -0.4 is 15.7 Å². The Morgan fingerprint density at radius 3 is 2.71 bits per heavy atom. The Bertz CT molecular complexity index is 1170. The van der Waals surface area contributed by atoms with Crippen molar-refractivity contribution in [3.8, 4) is 0 Å². The van der Waals surface area contributed by atoms with Gasteiger partial charge >= 0.3 is 0 Å². The molecule has 2 aliphatic heterocycles. The number of hydrogen-bond acceptors (Lipinski definition) is 7. The van der Waals surface area contributed by atoms with Crippen molar-refractivity contribution in [3.63, 3.8) is 0 Å². The second-order valence-corrected chi connectivity index (χ2v) is 10.4. The molecular weight excluding hydrogens is 480 g/mol. The van der Waals surface area contributed by atoms with Gasteiger partial charge in [-0.25, -0.2) is 20.3 Å². The van der Waals surface area contributed by atoms with E-state index in [4.69, 9.17) is 9.57 Å². The van der Waals surface area contributed by atoms with Gasteiger partial charge in [-0.3, -0.25) is 4.79 Å². The summed E-state index contributed by atoms with van der Waals surface area (Å²) in [5.41, 5.74) is 5.55. The number of para-hydroxylation sites is 1. The van der Waals surface area contributed by atoms with Crippen LogP contribution in [0.25, 0.3) is 10.9 Å². The van der Waals surface area contributed by atoms with Crippen molar-refractivity contribution < 1.29 is 14.4 Å². The fourth-order valence-electron chi connectivity index (χ4n) is 5.31. The SMILES string of the molecule is CCCCn1cc(CNCC2CCN(c3ncc(C(=O)NOC4CCCCO4)cn3)CC2)c2ccccc21. The first kappa shape index (κ1) is 26.6. The number of nitrogens with zero attached hydrogens (tertiary/aromatic N) is 4. The molecular formula is C29H40N6O3. The van der Waals surface area contributed by atoms with E-state index in [2.05, 4.69) is 67.6 Å². The highest BCUT2D eigenvalue weighted by atomic mass is 16.8. The largest absolute Gasteiger partial charge is 0.350 e. The zero-order valence-electron chi connectivity index (χ0n) is 22.4. The van der Waals surface area contributed by atoms with E-state index in [-0.39, 0.29) is 12.2 Å². The number of amides is 1. The number of rotatable bonds is 11. The van der Waals surface area contributed by atoms with E-state index in [1.807, 2.05) is 0 Å². The van der Waals surface area contributed by atoms with Gasteiger partial charge in [-0.2, -0.15) is 0 Å². The first-order valence-electron chi connectivity index (χ1n) is 14.1. The number of fused-ring (bicyclic) bond motifs is 1. The van der Waals surface area contributed by atoms with Crippen LogP contribution in [-0.2, 0) is 22.7 Å². The molecule has 0 aliphatic carbocycles. The number of carbonyl (C=O) groups excluding carboxylic acids is 1. The zero-order valence-corrected chi connectivity index (χ0v) is 22.4. The third-order valence-electron chi connectivity index (χ3n) is 7.59. The third kappa shape index (κ3) is 6.70. The lowest BCUT2D eigenvalue weighted by Gasteiger charge is -2.32. The van der Waals surface area contributed by atoms with Crippen molar-refractivity contribution in [1.29, 1.82) is 0 Å².